The van der Waals surface area contributed by atoms with Gasteiger partial charge in [-0.3, -0.25) is 14.4 Å². The van der Waals surface area contributed by atoms with E-state index in [2.05, 4.69) is 52.3 Å². The van der Waals surface area contributed by atoms with Crippen molar-refractivity contribution in [1.29, 1.82) is 0 Å². The maximum absolute atomic E-state index is 12.9. The number of amides is 3. The van der Waals surface area contributed by atoms with Crippen molar-refractivity contribution in [1.82, 2.24) is 31.5 Å². The van der Waals surface area contributed by atoms with Gasteiger partial charge in [0.25, 0.3) is 0 Å². The Morgan fingerprint density at radius 3 is 0.795 bits per heavy atom. The SMILES string of the molecule is CCCCCCCCCCCCCCCCNC(=O)CCNCCCCCN(CCNCCC(=O)NCCCCCCCCCCCCCCCC)CCC(=O)NCCCCCCCCCCCCCCCC. The van der Waals surface area contributed by atoms with Crippen molar-refractivity contribution in [3.05, 3.63) is 0 Å². The molecule has 434 valence electrons. The van der Waals surface area contributed by atoms with Crippen molar-refractivity contribution < 1.29 is 14.4 Å². The third kappa shape index (κ3) is 61.0. The number of rotatable bonds is 63. The first-order chi connectivity index (χ1) is 36.0. The smallest absolute Gasteiger partial charge is 0.221 e. The van der Waals surface area contributed by atoms with E-state index in [0.717, 1.165) is 97.4 Å². The summed E-state index contributed by atoms with van der Waals surface area (Å²) in [6.07, 6.45) is 61.5. The fourth-order valence-electron chi connectivity index (χ4n) is 10.2. The molecule has 0 unspecified atom stereocenters. The molecule has 0 aliphatic rings. The van der Waals surface area contributed by atoms with Gasteiger partial charge in [-0.1, -0.05) is 278 Å². The van der Waals surface area contributed by atoms with Crippen LogP contribution in [-0.4, -0.2) is 88.1 Å². The summed E-state index contributed by atoms with van der Waals surface area (Å²) in [5.74, 6) is 0.468. The lowest BCUT2D eigenvalue weighted by Gasteiger charge is -2.22. The van der Waals surface area contributed by atoms with E-state index in [-0.39, 0.29) is 17.7 Å². The van der Waals surface area contributed by atoms with Crippen LogP contribution in [0.25, 0.3) is 0 Å². The molecule has 0 aromatic carbocycles. The molecule has 0 aliphatic carbocycles. The summed E-state index contributed by atoms with van der Waals surface area (Å²) < 4.78 is 0. The third-order valence-corrected chi connectivity index (χ3v) is 15.2. The monoisotopic (exact) mass is 1030 g/mol. The molecule has 0 fully saturated rings. The van der Waals surface area contributed by atoms with Crippen molar-refractivity contribution in [2.45, 2.75) is 329 Å². The molecule has 73 heavy (non-hydrogen) atoms. The fourth-order valence-corrected chi connectivity index (χ4v) is 10.2. The molecule has 5 N–H and O–H groups in total. The number of hydrogen-bond donors (Lipinski definition) is 5. The summed E-state index contributed by atoms with van der Waals surface area (Å²) in [4.78, 5) is 40.2. The van der Waals surface area contributed by atoms with Crippen LogP contribution in [0.2, 0.25) is 0 Å². The Bertz CT molecular complexity index is 1110. The molecule has 0 saturated heterocycles. The normalized spacial score (nSPS) is 11.5. The zero-order valence-electron chi connectivity index (χ0n) is 49.7. The van der Waals surface area contributed by atoms with Crippen LogP contribution in [0.15, 0.2) is 0 Å². The van der Waals surface area contributed by atoms with Crippen molar-refractivity contribution in [2.24, 2.45) is 0 Å². The highest BCUT2D eigenvalue weighted by Gasteiger charge is 2.10. The number of nitrogens with zero attached hydrogens (tertiary/aromatic N) is 1. The van der Waals surface area contributed by atoms with E-state index < -0.39 is 0 Å². The summed E-state index contributed by atoms with van der Waals surface area (Å²) in [6.45, 7) is 15.0. The van der Waals surface area contributed by atoms with Gasteiger partial charge < -0.3 is 31.5 Å². The molecule has 0 saturated carbocycles. The van der Waals surface area contributed by atoms with Crippen LogP contribution in [0.4, 0.5) is 0 Å². The van der Waals surface area contributed by atoms with Gasteiger partial charge in [0.1, 0.15) is 0 Å². The number of unbranched alkanes of at least 4 members (excludes halogenated alkanes) is 41. The van der Waals surface area contributed by atoms with Gasteiger partial charge in [-0.05, 0) is 45.2 Å². The van der Waals surface area contributed by atoms with Crippen LogP contribution in [0.1, 0.15) is 329 Å². The highest BCUT2D eigenvalue weighted by atomic mass is 16.2. The lowest BCUT2D eigenvalue weighted by atomic mass is 10.0. The second kappa shape index (κ2) is 62.8. The summed E-state index contributed by atoms with van der Waals surface area (Å²) in [7, 11) is 0. The minimum atomic E-state index is 0.143. The summed E-state index contributed by atoms with van der Waals surface area (Å²) in [5.41, 5.74) is 0. The van der Waals surface area contributed by atoms with E-state index in [0.29, 0.717) is 25.8 Å². The maximum atomic E-state index is 12.9. The molecular formula is C64H130N6O3. The van der Waals surface area contributed by atoms with E-state index in [9.17, 15) is 14.4 Å². The molecule has 9 heteroatoms. The Balaban J connectivity index is 4.21. The lowest BCUT2D eigenvalue weighted by Crippen LogP contribution is -2.37. The summed E-state index contributed by atoms with van der Waals surface area (Å²) in [6, 6.07) is 0. The zero-order chi connectivity index (χ0) is 52.9. The van der Waals surface area contributed by atoms with Gasteiger partial charge in [-0.15, -0.1) is 0 Å². The van der Waals surface area contributed by atoms with Crippen LogP contribution in [0.5, 0.6) is 0 Å². The average Bonchev–Trinajstić information content (AvgIpc) is 3.39. The molecule has 0 aliphatic heterocycles. The molecule has 0 aromatic rings. The van der Waals surface area contributed by atoms with Crippen LogP contribution >= 0.6 is 0 Å². The molecule has 9 nitrogen and oxygen atoms in total. The van der Waals surface area contributed by atoms with Gasteiger partial charge in [0, 0.05) is 71.6 Å². The third-order valence-electron chi connectivity index (χ3n) is 15.2. The molecule has 0 rings (SSSR count). The van der Waals surface area contributed by atoms with Gasteiger partial charge in [-0.2, -0.15) is 0 Å². The van der Waals surface area contributed by atoms with Crippen LogP contribution in [0.3, 0.4) is 0 Å². The lowest BCUT2D eigenvalue weighted by molar-refractivity contribution is -0.122. The Morgan fingerprint density at radius 1 is 0.233 bits per heavy atom. The molecular weight excluding hydrogens is 901 g/mol. The second-order valence-electron chi connectivity index (χ2n) is 22.5. The van der Waals surface area contributed by atoms with Crippen molar-refractivity contribution in [3.63, 3.8) is 0 Å². The van der Waals surface area contributed by atoms with Gasteiger partial charge in [0.15, 0.2) is 0 Å². The highest BCUT2D eigenvalue weighted by molar-refractivity contribution is 5.76. The number of hydrogen-bond acceptors (Lipinski definition) is 6. The first kappa shape index (κ1) is 71.3. The van der Waals surface area contributed by atoms with E-state index >= 15 is 0 Å². The molecule has 0 aromatic heterocycles. The van der Waals surface area contributed by atoms with Crippen LogP contribution < -0.4 is 26.6 Å². The Hall–Kier alpha value is -1.71. The first-order valence-corrected chi connectivity index (χ1v) is 33.0. The molecule has 0 spiro atoms. The molecule has 0 atom stereocenters. The van der Waals surface area contributed by atoms with Crippen molar-refractivity contribution >= 4 is 17.7 Å². The predicted molar refractivity (Wildman–Crippen MR) is 320 cm³/mol. The maximum Gasteiger partial charge on any atom is 0.221 e. The number of nitrogens with one attached hydrogen (secondary N) is 5. The first-order valence-electron chi connectivity index (χ1n) is 33.0. The largest absolute Gasteiger partial charge is 0.356 e. The van der Waals surface area contributed by atoms with Gasteiger partial charge in [0.2, 0.25) is 17.7 Å². The Labute approximate surface area is 456 Å². The Morgan fingerprint density at radius 2 is 0.479 bits per heavy atom. The molecule has 0 bridgehead atoms. The molecule has 3 amide bonds. The van der Waals surface area contributed by atoms with E-state index in [1.165, 1.54) is 250 Å². The second-order valence-corrected chi connectivity index (χ2v) is 22.5. The minimum Gasteiger partial charge on any atom is -0.356 e. The fraction of sp³-hybridized carbons (Fsp3) is 0.953. The molecule has 0 heterocycles. The summed E-state index contributed by atoms with van der Waals surface area (Å²) >= 11 is 0. The highest BCUT2D eigenvalue weighted by Crippen LogP contribution is 2.16. The minimum absolute atomic E-state index is 0.143. The quantitative estimate of drug-likeness (QED) is 0.0388. The van der Waals surface area contributed by atoms with Gasteiger partial charge in [0.05, 0.1) is 0 Å². The standard InChI is InChI=1S/C64H130N6O3/c1-4-7-10-13-16-19-22-25-28-31-34-37-40-45-53-67-62(71)49-56-65-52-44-43-48-59-70(60-51-64(73)69-55-47-42-39-36-33-30-27-24-21-18-15-12-9-6-3)61-58-66-57-50-63(72)68-54-46-41-38-35-32-29-26-23-20-17-14-11-8-5-2/h65-66H,4-61H2,1-3H3,(H,67,71)(H,68,72)(H,69,73). The van der Waals surface area contributed by atoms with Crippen LogP contribution in [0, 0.1) is 0 Å². The van der Waals surface area contributed by atoms with Crippen molar-refractivity contribution in [3.8, 4) is 0 Å². The van der Waals surface area contributed by atoms with Crippen molar-refractivity contribution in [2.75, 3.05) is 65.4 Å². The Kier molecular flexibility index (Phi) is 61.4. The number of carbonyl (C=O) groups excluding carboxylic acids is 3. The van der Waals surface area contributed by atoms with Gasteiger partial charge >= 0.3 is 0 Å². The number of carbonyl (C=O) groups is 3. The molecule has 0 radical (unpaired) electrons. The van der Waals surface area contributed by atoms with Crippen LogP contribution in [-0.2, 0) is 14.4 Å². The zero-order valence-corrected chi connectivity index (χ0v) is 49.7. The topological polar surface area (TPSA) is 115 Å². The summed E-state index contributed by atoms with van der Waals surface area (Å²) in [5, 5.41) is 16.4. The van der Waals surface area contributed by atoms with E-state index in [4.69, 9.17) is 0 Å². The van der Waals surface area contributed by atoms with E-state index in [1.807, 2.05) is 0 Å². The van der Waals surface area contributed by atoms with E-state index in [1.54, 1.807) is 0 Å². The average molecular weight is 1030 g/mol. The predicted octanol–water partition coefficient (Wildman–Crippen LogP) is 16.6. The van der Waals surface area contributed by atoms with Gasteiger partial charge in [-0.25, -0.2) is 0 Å².